The van der Waals surface area contributed by atoms with Crippen LogP contribution in [0, 0.1) is 5.82 Å². The minimum atomic E-state index is -1.26. The van der Waals surface area contributed by atoms with E-state index in [-0.39, 0.29) is 38.5 Å². The second-order valence-electron chi connectivity index (χ2n) is 8.98. The Morgan fingerprint density at radius 1 is 0.923 bits per heavy atom. The number of ether oxygens (including phenoxy) is 4. The molecule has 1 heterocycles. The van der Waals surface area contributed by atoms with Crippen LogP contribution < -0.4 is 10.6 Å². The zero-order chi connectivity index (χ0) is 27.7. The van der Waals surface area contributed by atoms with Gasteiger partial charge in [0.25, 0.3) is 5.91 Å². The highest BCUT2D eigenvalue weighted by Crippen LogP contribution is 2.34. The zero-order valence-electron chi connectivity index (χ0n) is 21.4. The van der Waals surface area contributed by atoms with E-state index in [4.69, 9.17) is 18.9 Å². The zero-order valence-corrected chi connectivity index (χ0v) is 21.4. The Morgan fingerprint density at radius 2 is 1.54 bits per heavy atom. The molecular formula is C29H29FN2O7. The summed E-state index contributed by atoms with van der Waals surface area (Å²) in [4.78, 5) is 38.3. The predicted octanol–water partition coefficient (Wildman–Crippen LogP) is 3.47. The van der Waals surface area contributed by atoms with E-state index in [9.17, 15) is 18.8 Å². The van der Waals surface area contributed by atoms with Crippen molar-refractivity contribution in [2.75, 3.05) is 26.9 Å². The minimum absolute atomic E-state index is 0.0121. The Bertz CT molecular complexity index is 1280. The summed E-state index contributed by atoms with van der Waals surface area (Å²) < 4.78 is 35.7. The largest absolute Gasteiger partial charge is 0.459 e. The van der Waals surface area contributed by atoms with E-state index >= 15 is 0 Å². The highest BCUT2D eigenvalue weighted by Gasteiger charge is 2.41. The number of rotatable bonds is 11. The average molecular weight is 537 g/mol. The lowest BCUT2D eigenvalue weighted by Gasteiger charge is -2.40. The fraction of sp³-hybridized carbons (Fsp3) is 0.276. The molecule has 0 saturated carbocycles. The monoisotopic (exact) mass is 536 g/mol. The topological polar surface area (TPSA) is 112 Å². The van der Waals surface area contributed by atoms with E-state index in [1.165, 1.54) is 19.2 Å². The Hall–Kier alpha value is -4.28. The minimum Gasteiger partial charge on any atom is -0.459 e. The molecule has 1 fully saturated rings. The average Bonchev–Trinajstić information content (AvgIpc) is 2.93. The molecule has 2 amide bonds. The summed E-state index contributed by atoms with van der Waals surface area (Å²) in [7, 11) is 1.49. The summed E-state index contributed by atoms with van der Waals surface area (Å²) in [5.41, 5.74) is 1.17. The second-order valence-corrected chi connectivity index (χ2v) is 8.98. The van der Waals surface area contributed by atoms with Gasteiger partial charge < -0.3 is 29.6 Å². The van der Waals surface area contributed by atoms with E-state index in [2.05, 4.69) is 10.6 Å². The quantitative estimate of drug-likeness (QED) is 0.361. The Kier molecular flexibility index (Phi) is 9.24. The van der Waals surface area contributed by atoms with Crippen molar-refractivity contribution in [3.05, 3.63) is 107 Å². The SMILES string of the molecule is COC1(c2cc(F)cc(C(=O)NC[C@@H](NC(=O)OCc3ccccc3)C(=O)OCc3ccccc3)c2)COC1. The van der Waals surface area contributed by atoms with Gasteiger partial charge in [0.1, 0.15) is 30.7 Å². The van der Waals surface area contributed by atoms with Gasteiger partial charge in [-0.15, -0.1) is 0 Å². The molecule has 9 nitrogen and oxygen atoms in total. The van der Waals surface area contributed by atoms with Crippen molar-refractivity contribution in [2.24, 2.45) is 0 Å². The number of carbonyl (C=O) groups excluding carboxylic acids is 3. The molecule has 4 rings (SSSR count). The fourth-order valence-electron chi connectivity index (χ4n) is 3.90. The number of esters is 1. The van der Waals surface area contributed by atoms with Crippen LogP contribution in [-0.2, 0) is 42.6 Å². The highest BCUT2D eigenvalue weighted by atomic mass is 19.1. The first-order valence-corrected chi connectivity index (χ1v) is 12.3. The standard InChI is InChI=1S/C29H29FN2O7/c1-36-29(18-37-19-29)23-12-22(13-24(30)14-23)26(33)31-15-25(27(34)38-16-20-8-4-2-5-9-20)32-28(35)39-17-21-10-6-3-7-11-21/h2-14,25H,15-19H2,1H3,(H,31,33)(H,32,35)/t25-/m1/s1. The summed E-state index contributed by atoms with van der Waals surface area (Å²) in [6.07, 6.45) is -0.866. The van der Waals surface area contributed by atoms with Crippen LogP contribution in [0.15, 0.2) is 78.9 Å². The lowest BCUT2D eigenvalue weighted by molar-refractivity contribution is -0.202. The molecule has 1 saturated heterocycles. The van der Waals surface area contributed by atoms with Crippen LogP contribution in [0.1, 0.15) is 27.0 Å². The van der Waals surface area contributed by atoms with Crippen LogP contribution in [0.5, 0.6) is 0 Å². The number of methoxy groups -OCH3 is 1. The maximum Gasteiger partial charge on any atom is 0.408 e. The lowest BCUT2D eigenvalue weighted by Crippen LogP contribution is -2.49. The van der Waals surface area contributed by atoms with Gasteiger partial charge in [0.2, 0.25) is 0 Å². The van der Waals surface area contributed by atoms with Crippen molar-refractivity contribution in [2.45, 2.75) is 24.9 Å². The van der Waals surface area contributed by atoms with Gasteiger partial charge in [-0.1, -0.05) is 60.7 Å². The number of amides is 2. The highest BCUT2D eigenvalue weighted by molar-refractivity contribution is 5.95. The molecule has 0 spiro atoms. The van der Waals surface area contributed by atoms with Crippen LogP contribution in [-0.4, -0.2) is 50.9 Å². The number of hydrogen-bond acceptors (Lipinski definition) is 7. The molecule has 1 aliphatic heterocycles. The van der Waals surface area contributed by atoms with Crippen molar-refractivity contribution in [1.82, 2.24) is 10.6 Å². The molecule has 3 aromatic carbocycles. The van der Waals surface area contributed by atoms with E-state index in [0.717, 1.165) is 17.2 Å². The number of benzene rings is 3. The van der Waals surface area contributed by atoms with Crippen LogP contribution >= 0.6 is 0 Å². The third-order valence-electron chi connectivity index (χ3n) is 6.23. The van der Waals surface area contributed by atoms with Crippen LogP contribution in [0.2, 0.25) is 0 Å². The van der Waals surface area contributed by atoms with Crippen molar-refractivity contribution in [3.63, 3.8) is 0 Å². The number of carbonyl (C=O) groups is 3. The van der Waals surface area contributed by atoms with Gasteiger partial charge in [-0.05, 0) is 34.9 Å². The van der Waals surface area contributed by atoms with E-state index < -0.39 is 35.4 Å². The lowest BCUT2D eigenvalue weighted by atomic mass is 9.90. The predicted molar refractivity (Wildman–Crippen MR) is 138 cm³/mol. The second kappa shape index (κ2) is 13.0. The smallest absolute Gasteiger partial charge is 0.408 e. The first-order chi connectivity index (χ1) is 18.9. The van der Waals surface area contributed by atoms with Crippen molar-refractivity contribution in [3.8, 4) is 0 Å². The maximum absolute atomic E-state index is 14.4. The Labute approximate surface area is 225 Å². The number of nitrogens with one attached hydrogen (secondary N) is 2. The summed E-state index contributed by atoms with van der Waals surface area (Å²) >= 11 is 0. The van der Waals surface area contributed by atoms with Gasteiger partial charge in [0.15, 0.2) is 0 Å². The molecule has 1 atom stereocenters. The number of hydrogen-bond donors (Lipinski definition) is 2. The van der Waals surface area contributed by atoms with Gasteiger partial charge in [0.05, 0.1) is 13.2 Å². The summed E-state index contributed by atoms with van der Waals surface area (Å²) in [6, 6.07) is 20.6. The summed E-state index contributed by atoms with van der Waals surface area (Å²) in [5, 5.41) is 5.01. The number of alkyl carbamates (subject to hydrolysis) is 1. The summed E-state index contributed by atoms with van der Waals surface area (Å²) in [6.45, 7) is 0.106. The molecule has 2 N–H and O–H groups in total. The third kappa shape index (κ3) is 7.40. The Morgan fingerprint density at radius 3 is 2.10 bits per heavy atom. The molecule has 0 radical (unpaired) electrons. The molecule has 0 bridgehead atoms. The fourth-order valence-corrected chi connectivity index (χ4v) is 3.90. The van der Waals surface area contributed by atoms with Gasteiger partial charge in [0, 0.05) is 19.2 Å². The van der Waals surface area contributed by atoms with E-state index in [1.54, 1.807) is 48.5 Å². The van der Waals surface area contributed by atoms with Crippen molar-refractivity contribution < 1.29 is 37.7 Å². The van der Waals surface area contributed by atoms with Gasteiger partial charge in [-0.25, -0.2) is 14.0 Å². The molecule has 3 aromatic rings. The van der Waals surface area contributed by atoms with Crippen LogP contribution in [0.3, 0.4) is 0 Å². The van der Waals surface area contributed by atoms with E-state index in [0.29, 0.717) is 5.56 Å². The van der Waals surface area contributed by atoms with Crippen molar-refractivity contribution in [1.29, 1.82) is 0 Å². The van der Waals surface area contributed by atoms with E-state index in [1.807, 2.05) is 12.1 Å². The molecule has 0 aliphatic carbocycles. The summed E-state index contributed by atoms with van der Waals surface area (Å²) in [5.74, 6) is -2.05. The Balaban J connectivity index is 1.41. The third-order valence-corrected chi connectivity index (χ3v) is 6.23. The first kappa shape index (κ1) is 27.7. The maximum atomic E-state index is 14.4. The molecule has 0 aromatic heterocycles. The normalized spacial score (nSPS) is 14.4. The van der Waals surface area contributed by atoms with Gasteiger partial charge in [-0.3, -0.25) is 4.79 Å². The van der Waals surface area contributed by atoms with Gasteiger partial charge >= 0.3 is 12.1 Å². The molecular weight excluding hydrogens is 507 g/mol. The van der Waals surface area contributed by atoms with Crippen molar-refractivity contribution >= 4 is 18.0 Å². The number of halogens is 1. The molecule has 10 heteroatoms. The van der Waals surface area contributed by atoms with Crippen LogP contribution in [0.25, 0.3) is 0 Å². The molecule has 1 aliphatic rings. The first-order valence-electron chi connectivity index (χ1n) is 12.3. The molecule has 39 heavy (non-hydrogen) atoms. The molecule has 204 valence electrons. The van der Waals surface area contributed by atoms with Crippen LogP contribution in [0.4, 0.5) is 9.18 Å². The molecule has 0 unspecified atom stereocenters. The van der Waals surface area contributed by atoms with Gasteiger partial charge in [-0.2, -0.15) is 0 Å².